The number of methoxy groups -OCH3 is 1. The maximum atomic E-state index is 11.5. The number of pyridine rings is 1. The smallest absolute Gasteiger partial charge is 0.325 e. The zero-order valence-electron chi connectivity index (χ0n) is 10.6. The van der Waals surface area contributed by atoms with Gasteiger partial charge >= 0.3 is 5.97 Å². The fourth-order valence-corrected chi connectivity index (χ4v) is 2.93. The molecule has 1 heterocycles. The number of hydrogen-bond acceptors (Lipinski definition) is 5. The molecular weight excluding hydrogens is 316 g/mol. The quantitative estimate of drug-likeness (QED) is 0.663. The van der Waals surface area contributed by atoms with Crippen molar-refractivity contribution in [3.63, 3.8) is 0 Å². The lowest BCUT2D eigenvalue weighted by Crippen LogP contribution is -2.47. The first kappa shape index (κ1) is 15.5. The van der Waals surface area contributed by atoms with E-state index in [0.717, 1.165) is 9.50 Å². The highest BCUT2D eigenvalue weighted by atomic mass is 79.9. The summed E-state index contributed by atoms with van der Waals surface area (Å²) >= 11 is 4.92. The third-order valence-electron chi connectivity index (χ3n) is 2.39. The number of ether oxygens (including phenoxy) is 1. The van der Waals surface area contributed by atoms with E-state index in [2.05, 4.69) is 25.7 Å². The summed E-state index contributed by atoms with van der Waals surface area (Å²) in [5, 5.41) is 1.08. The van der Waals surface area contributed by atoms with Gasteiger partial charge < -0.3 is 10.5 Å². The standard InChI is InChI=1S/C12H17BrN2O2S/c1-8(6-12(2,14)11(16)17-3)18-10-5-4-9(13)7-15-10/h4-5,7-8H,6,14H2,1-3H3. The van der Waals surface area contributed by atoms with Crippen molar-refractivity contribution >= 4 is 33.7 Å². The largest absolute Gasteiger partial charge is 0.468 e. The summed E-state index contributed by atoms with van der Waals surface area (Å²) in [6, 6.07) is 3.86. The maximum absolute atomic E-state index is 11.5. The van der Waals surface area contributed by atoms with Crippen LogP contribution in [0.3, 0.4) is 0 Å². The van der Waals surface area contributed by atoms with Crippen LogP contribution in [0.4, 0.5) is 0 Å². The van der Waals surface area contributed by atoms with Gasteiger partial charge in [-0.25, -0.2) is 4.98 Å². The van der Waals surface area contributed by atoms with Gasteiger partial charge in [-0.2, -0.15) is 0 Å². The van der Waals surface area contributed by atoms with Gasteiger partial charge in [-0.3, -0.25) is 4.79 Å². The fourth-order valence-electron chi connectivity index (χ4n) is 1.59. The number of hydrogen-bond donors (Lipinski definition) is 1. The van der Waals surface area contributed by atoms with Gasteiger partial charge in [-0.05, 0) is 41.4 Å². The second kappa shape index (κ2) is 6.54. The third kappa shape index (κ3) is 4.59. The molecule has 1 aromatic rings. The van der Waals surface area contributed by atoms with E-state index in [4.69, 9.17) is 5.73 Å². The molecule has 0 aliphatic carbocycles. The molecule has 0 amide bonds. The van der Waals surface area contributed by atoms with Crippen LogP contribution < -0.4 is 5.73 Å². The van der Waals surface area contributed by atoms with Crippen molar-refractivity contribution in [2.75, 3.05) is 7.11 Å². The van der Waals surface area contributed by atoms with Crippen LogP contribution in [-0.4, -0.2) is 28.9 Å². The molecule has 0 saturated heterocycles. The topological polar surface area (TPSA) is 65.2 Å². The van der Waals surface area contributed by atoms with Crippen molar-refractivity contribution in [2.45, 2.75) is 36.1 Å². The zero-order chi connectivity index (χ0) is 13.8. The predicted molar refractivity (Wildman–Crippen MR) is 76.5 cm³/mol. The Morgan fingerprint density at radius 2 is 2.33 bits per heavy atom. The molecule has 0 bridgehead atoms. The van der Waals surface area contributed by atoms with Gasteiger partial charge in [-0.15, -0.1) is 11.8 Å². The first-order valence-electron chi connectivity index (χ1n) is 5.50. The number of thioether (sulfide) groups is 1. The van der Waals surface area contributed by atoms with Crippen LogP contribution in [0.2, 0.25) is 0 Å². The van der Waals surface area contributed by atoms with Crippen molar-refractivity contribution in [2.24, 2.45) is 5.73 Å². The lowest BCUT2D eigenvalue weighted by molar-refractivity contribution is -0.146. The number of rotatable bonds is 5. The van der Waals surface area contributed by atoms with Crippen molar-refractivity contribution in [1.29, 1.82) is 0 Å². The minimum Gasteiger partial charge on any atom is -0.468 e. The highest BCUT2D eigenvalue weighted by molar-refractivity contribution is 9.10. The molecule has 0 aliphatic rings. The Morgan fingerprint density at radius 3 is 2.83 bits per heavy atom. The van der Waals surface area contributed by atoms with E-state index < -0.39 is 11.5 Å². The van der Waals surface area contributed by atoms with Crippen LogP contribution in [0.5, 0.6) is 0 Å². The molecule has 2 unspecified atom stereocenters. The molecule has 0 spiro atoms. The molecule has 0 aliphatic heterocycles. The summed E-state index contributed by atoms with van der Waals surface area (Å²) < 4.78 is 5.63. The molecular formula is C12H17BrN2O2S. The van der Waals surface area contributed by atoms with Crippen LogP contribution in [0.1, 0.15) is 20.3 Å². The van der Waals surface area contributed by atoms with E-state index in [1.807, 2.05) is 19.1 Å². The molecule has 18 heavy (non-hydrogen) atoms. The molecule has 0 radical (unpaired) electrons. The predicted octanol–water partition coefficient (Wildman–Crippen LogP) is 2.61. The summed E-state index contributed by atoms with van der Waals surface area (Å²) in [6.45, 7) is 3.70. The summed E-state index contributed by atoms with van der Waals surface area (Å²) in [6.07, 6.45) is 2.28. The highest BCUT2D eigenvalue weighted by Gasteiger charge is 2.31. The number of nitrogens with two attached hydrogens (primary N) is 1. The number of carbonyl (C=O) groups is 1. The normalized spacial score (nSPS) is 15.8. The highest BCUT2D eigenvalue weighted by Crippen LogP contribution is 2.27. The van der Waals surface area contributed by atoms with Crippen LogP contribution in [0.25, 0.3) is 0 Å². The Bertz CT molecular complexity index is 409. The SMILES string of the molecule is COC(=O)C(C)(N)CC(C)Sc1ccc(Br)cn1. The number of halogens is 1. The van der Waals surface area contributed by atoms with Crippen LogP contribution in [0.15, 0.2) is 27.8 Å². The molecule has 4 nitrogen and oxygen atoms in total. The van der Waals surface area contributed by atoms with E-state index >= 15 is 0 Å². The zero-order valence-corrected chi connectivity index (χ0v) is 13.0. The average Bonchev–Trinajstić information content (AvgIpc) is 2.30. The number of nitrogens with zero attached hydrogens (tertiary/aromatic N) is 1. The lowest BCUT2D eigenvalue weighted by atomic mass is 9.98. The minimum atomic E-state index is -0.962. The maximum Gasteiger partial charge on any atom is 0.325 e. The Labute approximate surface area is 120 Å². The first-order chi connectivity index (χ1) is 8.35. The Balaban J connectivity index is 2.58. The van der Waals surface area contributed by atoms with Crippen molar-refractivity contribution in [3.8, 4) is 0 Å². The second-order valence-corrected chi connectivity index (χ2v) is 6.73. The van der Waals surface area contributed by atoms with Crippen molar-refractivity contribution in [3.05, 3.63) is 22.8 Å². The molecule has 0 aromatic carbocycles. The molecule has 6 heteroatoms. The van der Waals surface area contributed by atoms with E-state index in [-0.39, 0.29) is 5.25 Å². The Morgan fingerprint density at radius 1 is 1.67 bits per heavy atom. The van der Waals surface area contributed by atoms with E-state index in [0.29, 0.717) is 6.42 Å². The summed E-state index contributed by atoms with van der Waals surface area (Å²) in [4.78, 5) is 15.8. The van der Waals surface area contributed by atoms with Crippen molar-refractivity contribution < 1.29 is 9.53 Å². The van der Waals surface area contributed by atoms with Gasteiger partial charge in [0.05, 0.1) is 12.1 Å². The lowest BCUT2D eigenvalue weighted by Gasteiger charge is -2.24. The molecule has 2 atom stereocenters. The van der Waals surface area contributed by atoms with Gasteiger partial charge in [-0.1, -0.05) is 6.92 Å². The van der Waals surface area contributed by atoms with Crippen LogP contribution in [-0.2, 0) is 9.53 Å². The first-order valence-corrected chi connectivity index (χ1v) is 7.18. The van der Waals surface area contributed by atoms with Gasteiger partial charge in [0.1, 0.15) is 5.54 Å². The second-order valence-electron chi connectivity index (χ2n) is 4.36. The third-order valence-corrected chi connectivity index (χ3v) is 3.91. The van der Waals surface area contributed by atoms with E-state index in [9.17, 15) is 4.79 Å². The van der Waals surface area contributed by atoms with Gasteiger partial charge in [0.2, 0.25) is 0 Å². The molecule has 0 saturated carbocycles. The molecule has 2 N–H and O–H groups in total. The number of carbonyl (C=O) groups excluding carboxylic acids is 1. The van der Waals surface area contributed by atoms with Crippen molar-refractivity contribution in [1.82, 2.24) is 4.98 Å². The molecule has 1 rings (SSSR count). The number of esters is 1. The van der Waals surface area contributed by atoms with E-state index in [1.165, 1.54) is 7.11 Å². The monoisotopic (exact) mass is 332 g/mol. The van der Waals surface area contributed by atoms with Gasteiger partial charge in [0.25, 0.3) is 0 Å². The van der Waals surface area contributed by atoms with Gasteiger partial charge in [0, 0.05) is 15.9 Å². The summed E-state index contributed by atoms with van der Waals surface area (Å²) in [5.74, 6) is -0.390. The molecule has 100 valence electrons. The summed E-state index contributed by atoms with van der Waals surface area (Å²) in [5.41, 5.74) is 4.97. The minimum absolute atomic E-state index is 0.174. The van der Waals surface area contributed by atoms with E-state index in [1.54, 1.807) is 24.9 Å². The Hall–Kier alpha value is -0.590. The molecule has 1 aromatic heterocycles. The molecule has 0 fully saturated rings. The van der Waals surface area contributed by atoms with Gasteiger partial charge in [0.15, 0.2) is 0 Å². The van der Waals surface area contributed by atoms with Crippen LogP contribution >= 0.6 is 27.7 Å². The Kier molecular flexibility index (Phi) is 5.62. The summed E-state index contributed by atoms with van der Waals surface area (Å²) in [7, 11) is 1.35. The number of aromatic nitrogens is 1. The van der Waals surface area contributed by atoms with Crippen LogP contribution in [0, 0.1) is 0 Å². The fraction of sp³-hybridized carbons (Fsp3) is 0.500. The average molecular weight is 333 g/mol.